The Morgan fingerprint density at radius 3 is 3.13 bits per heavy atom. The van der Waals surface area contributed by atoms with Crippen LogP contribution in [0.3, 0.4) is 0 Å². The first-order valence-corrected chi connectivity index (χ1v) is 7.75. The van der Waals surface area contributed by atoms with Gasteiger partial charge in [0, 0.05) is 24.9 Å². The lowest BCUT2D eigenvalue weighted by Crippen LogP contribution is -2.23. The Kier molecular flexibility index (Phi) is 3.63. The molecule has 0 saturated carbocycles. The fourth-order valence-corrected chi connectivity index (χ4v) is 2.92. The molecular weight excluding hydrogens is 294 g/mol. The molecule has 1 fully saturated rings. The Balaban J connectivity index is 1.74. The molecule has 1 saturated heterocycles. The van der Waals surface area contributed by atoms with Crippen molar-refractivity contribution in [3.63, 3.8) is 0 Å². The number of hydrogen-bond acceptors (Lipinski definition) is 5. The maximum atomic E-state index is 12.3. The Bertz CT molecular complexity index is 865. The van der Waals surface area contributed by atoms with Crippen LogP contribution in [0.15, 0.2) is 35.4 Å². The SMILES string of the molecule is O=c1[nH]c(Cc2ccccn2)nc2c1cnn2C1CCCOC1. The molecule has 1 atom stereocenters. The lowest BCUT2D eigenvalue weighted by molar-refractivity contribution is 0.0563. The van der Waals surface area contributed by atoms with E-state index < -0.39 is 0 Å². The topological polar surface area (TPSA) is 85.7 Å². The van der Waals surface area contributed by atoms with Crippen molar-refractivity contribution in [1.29, 1.82) is 0 Å². The normalized spacial score (nSPS) is 18.3. The van der Waals surface area contributed by atoms with Gasteiger partial charge in [-0.25, -0.2) is 9.67 Å². The second-order valence-corrected chi connectivity index (χ2v) is 5.71. The van der Waals surface area contributed by atoms with Gasteiger partial charge in [0.05, 0.1) is 18.8 Å². The van der Waals surface area contributed by atoms with Crippen molar-refractivity contribution < 1.29 is 4.74 Å². The number of nitrogens with zero attached hydrogens (tertiary/aromatic N) is 4. The number of ether oxygens (including phenoxy) is 1. The molecule has 23 heavy (non-hydrogen) atoms. The summed E-state index contributed by atoms with van der Waals surface area (Å²) in [4.78, 5) is 24.0. The van der Waals surface area contributed by atoms with Crippen LogP contribution in [-0.4, -0.2) is 37.9 Å². The van der Waals surface area contributed by atoms with E-state index >= 15 is 0 Å². The predicted molar refractivity (Wildman–Crippen MR) is 84.3 cm³/mol. The lowest BCUT2D eigenvalue weighted by atomic mass is 10.1. The standard InChI is InChI=1S/C16H17N5O2/c22-16-13-9-18-21(12-5-3-7-23-10-12)15(13)19-14(20-16)8-11-4-1-2-6-17-11/h1-2,4,6,9,12H,3,5,7-8,10H2,(H,19,20,22). The molecule has 4 rings (SSSR count). The summed E-state index contributed by atoms with van der Waals surface area (Å²) < 4.78 is 7.35. The maximum absolute atomic E-state index is 12.3. The lowest BCUT2D eigenvalue weighted by Gasteiger charge is -2.22. The summed E-state index contributed by atoms with van der Waals surface area (Å²) in [6, 6.07) is 5.83. The van der Waals surface area contributed by atoms with Gasteiger partial charge in [0.1, 0.15) is 11.2 Å². The van der Waals surface area contributed by atoms with Gasteiger partial charge in [0.15, 0.2) is 5.65 Å². The van der Waals surface area contributed by atoms with E-state index in [9.17, 15) is 4.79 Å². The van der Waals surface area contributed by atoms with E-state index in [0.29, 0.717) is 29.9 Å². The molecule has 1 unspecified atom stereocenters. The fourth-order valence-electron chi connectivity index (χ4n) is 2.92. The first kappa shape index (κ1) is 14.1. The molecule has 1 aliphatic rings. The Morgan fingerprint density at radius 2 is 2.35 bits per heavy atom. The van der Waals surface area contributed by atoms with Gasteiger partial charge in [0.2, 0.25) is 0 Å². The summed E-state index contributed by atoms with van der Waals surface area (Å²) in [6.07, 6.45) is 5.78. The predicted octanol–water partition coefficient (Wildman–Crippen LogP) is 1.46. The number of fused-ring (bicyclic) bond motifs is 1. The van der Waals surface area contributed by atoms with Crippen LogP contribution in [0.25, 0.3) is 11.0 Å². The quantitative estimate of drug-likeness (QED) is 0.791. The second-order valence-electron chi connectivity index (χ2n) is 5.71. The third-order valence-electron chi connectivity index (χ3n) is 4.07. The first-order chi connectivity index (χ1) is 11.3. The molecule has 0 aliphatic carbocycles. The largest absolute Gasteiger partial charge is 0.379 e. The summed E-state index contributed by atoms with van der Waals surface area (Å²) in [5, 5.41) is 4.88. The minimum atomic E-state index is -0.163. The van der Waals surface area contributed by atoms with Gasteiger partial charge in [-0.05, 0) is 25.0 Å². The minimum Gasteiger partial charge on any atom is -0.379 e. The molecule has 1 N–H and O–H groups in total. The van der Waals surface area contributed by atoms with Crippen molar-refractivity contribution in [2.24, 2.45) is 0 Å². The summed E-state index contributed by atoms with van der Waals surface area (Å²) in [6.45, 7) is 1.40. The third-order valence-corrected chi connectivity index (χ3v) is 4.07. The molecule has 7 heteroatoms. The van der Waals surface area contributed by atoms with Crippen molar-refractivity contribution in [1.82, 2.24) is 24.7 Å². The van der Waals surface area contributed by atoms with Crippen LogP contribution in [0.4, 0.5) is 0 Å². The van der Waals surface area contributed by atoms with E-state index in [1.54, 1.807) is 12.4 Å². The van der Waals surface area contributed by atoms with Crippen LogP contribution in [0.5, 0.6) is 0 Å². The Labute approximate surface area is 132 Å². The van der Waals surface area contributed by atoms with E-state index in [4.69, 9.17) is 4.74 Å². The Hall–Kier alpha value is -2.54. The van der Waals surface area contributed by atoms with Gasteiger partial charge in [-0.2, -0.15) is 5.10 Å². The van der Waals surface area contributed by atoms with Gasteiger partial charge in [-0.3, -0.25) is 9.78 Å². The number of rotatable bonds is 3. The van der Waals surface area contributed by atoms with Crippen molar-refractivity contribution in [2.45, 2.75) is 25.3 Å². The smallest absolute Gasteiger partial charge is 0.262 e. The zero-order valence-electron chi connectivity index (χ0n) is 12.6. The highest BCUT2D eigenvalue weighted by molar-refractivity contribution is 5.73. The van der Waals surface area contributed by atoms with Crippen molar-refractivity contribution >= 4 is 11.0 Å². The van der Waals surface area contributed by atoms with Crippen LogP contribution in [0, 0.1) is 0 Å². The van der Waals surface area contributed by atoms with Crippen LogP contribution in [0.2, 0.25) is 0 Å². The average molecular weight is 311 g/mol. The highest BCUT2D eigenvalue weighted by Crippen LogP contribution is 2.21. The molecule has 7 nitrogen and oxygen atoms in total. The zero-order chi connectivity index (χ0) is 15.6. The zero-order valence-corrected chi connectivity index (χ0v) is 12.6. The molecule has 0 spiro atoms. The molecule has 0 radical (unpaired) electrons. The second kappa shape index (κ2) is 5.92. The minimum absolute atomic E-state index is 0.137. The van der Waals surface area contributed by atoms with Gasteiger partial charge in [-0.15, -0.1) is 0 Å². The molecule has 0 aromatic carbocycles. The summed E-state index contributed by atoms with van der Waals surface area (Å²) in [7, 11) is 0. The van der Waals surface area contributed by atoms with E-state index in [2.05, 4.69) is 20.1 Å². The fraction of sp³-hybridized carbons (Fsp3) is 0.375. The maximum Gasteiger partial charge on any atom is 0.262 e. The number of H-pyrrole nitrogens is 1. The number of hydrogen-bond donors (Lipinski definition) is 1. The van der Waals surface area contributed by atoms with Crippen molar-refractivity contribution in [3.05, 3.63) is 52.5 Å². The molecule has 118 valence electrons. The van der Waals surface area contributed by atoms with E-state index in [-0.39, 0.29) is 11.6 Å². The number of pyridine rings is 1. The van der Waals surface area contributed by atoms with Gasteiger partial charge in [0.25, 0.3) is 5.56 Å². The van der Waals surface area contributed by atoms with Gasteiger partial charge < -0.3 is 9.72 Å². The monoisotopic (exact) mass is 311 g/mol. The molecule has 1 aliphatic heterocycles. The number of aromatic nitrogens is 5. The average Bonchev–Trinajstić information content (AvgIpc) is 3.01. The first-order valence-electron chi connectivity index (χ1n) is 7.75. The van der Waals surface area contributed by atoms with Crippen molar-refractivity contribution in [3.8, 4) is 0 Å². The van der Waals surface area contributed by atoms with Crippen LogP contribution in [-0.2, 0) is 11.2 Å². The number of aromatic amines is 1. The number of nitrogens with one attached hydrogen (secondary N) is 1. The summed E-state index contributed by atoms with van der Waals surface area (Å²) in [5.41, 5.74) is 1.32. The third kappa shape index (κ3) is 2.75. The Morgan fingerprint density at radius 1 is 1.39 bits per heavy atom. The van der Waals surface area contributed by atoms with E-state index in [0.717, 1.165) is 25.1 Å². The molecule has 4 heterocycles. The molecule has 0 bridgehead atoms. The molecule has 3 aromatic heterocycles. The molecular formula is C16H17N5O2. The van der Waals surface area contributed by atoms with Crippen LogP contribution < -0.4 is 5.56 Å². The van der Waals surface area contributed by atoms with Crippen LogP contribution in [0.1, 0.15) is 30.4 Å². The van der Waals surface area contributed by atoms with E-state index in [1.165, 1.54) is 0 Å². The highest BCUT2D eigenvalue weighted by Gasteiger charge is 2.20. The molecule has 0 amide bonds. The molecule has 3 aromatic rings. The van der Waals surface area contributed by atoms with E-state index in [1.807, 2.05) is 22.9 Å². The highest BCUT2D eigenvalue weighted by atomic mass is 16.5. The van der Waals surface area contributed by atoms with Gasteiger partial charge in [-0.1, -0.05) is 6.07 Å². The van der Waals surface area contributed by atoms with Crippen LogP contribution >= 0.6 is 0 Å². The summed E-state index contributed by atoms with van der Waals surface area (Å²) >= 11 is 0. The van der Waals surface area contributed by atoms with Crippen molar-refractivity contribution in [2.75, 3.05) is 13.2 Å². The summed E-state index contributed by atoms with van der Waals surface area (Å²) in [5.74, 6) is 0.597. The van der Waals surface area contributed by atoms with Gasteiger partial charge >= 0.3 is 0 Å².